The molecule has 0 saturated carbocycles. The second-order valence-corrected chi connectivity index (χ2v) is 5.27. The number of thioether (sulfide) groups is 1. The third kappa shape index (κ3) is 2.53. The van der Waals surface area contributed by atoms with E-state index >= 15 is 0 Å². The predicted octanol–water partition coefficient (Wildman–Crippen LogP) is 1.81. The lowest BCUT2D eigenvalue weighted by Crippen LogP contribution is -2.06. The fraction of sp³-hybridized carbons (Fsp3) is 0.500. The maximum Gasteiger partial charge on any atom is 0.254 e. The minimum Gasteiger partial charge on any atom is -0.396 e. The van der Waals surface area contributed by atoms with Crippen LogP contribution in [0.5, 0.6) is 0 Å². The number of hydrogen-bond acceptors (Lipinski definition) is 5. The Morgan fingerprint density at radius 1 is 1.59 bits per heavy atom. The van der Waals surface area contributed by atoms with E-state index in [4.69, 9.17) is 16.7 Å². The Balaban J connectivity index is 2.36. The molecule has 1 atom stereocenters. The minimum atomic E-state index is 0.172. The van der Waals surface area contributed by atoms with E-state index in [1.165, 1.54) is 6.33 Å². The van der Waals surface area contributed by atoms with E-state index in [0.717, 1.165) is 16.3 Å². The molecular formula is C10H13ClN4OS. The lowest BCUT2D eigenvalue weighted by molar-refractivity contribution is 0.250. The molecule has 92 valence electrons. The molecule has 2 rings (SSSR count). The molecule has 1 N–H and O–H groups in total. The molecule has 0 fully saturated rings. The van der Waals surface area contributed by atoms with Crippen molar-refractivity contribution >= 4 is 29.1 Å². The van der Waals surface area contributed by atoms with Crippen LogP contribution >= 0.6 is 23.4 Å². The Morgan fingerprint density at radius 3 is 3.06 bits per heavy atom. The summed E-state index contributed by atoms with van der Waals surface area (Å²) in [6.07, 6.45) is 1.46. The van der Waals surface area contributed by atoms with Crippen molar-refractivity contribution in [1.82, 2.24) is 19.6 Å². The molecule has 0 aliphatic carbocycles. The fourth-order valence-electron chi connectivity index (χ4n) is 1.32. The zero-order valence-electron chi connectivity index (χ0n) is 9.59. The van der Waals surface area contributed by atoms with Crippen molar-refractivity contribution in [2.45, 2.75) is 18.9 Å². The first kappa shape index (κ1) is 12.6. The molecule has 2 heterocycles. The maximum atomic E-state index is 9.02. The Labute approximate surface area is 108 Å². The van der Waals surface area contributed by atoms with Gasteiger partial charge in [0, 0.05) is 17.9 Å². The highest BCUT2D eigenvalue weighted by Crippen LogP contribution is 2.27. The van der Waals surface area contributed by atoms with E-state index in [-0.39, 0.29) is 12.5 Å². The number of aliphatic hydroxyl groups is 1. The summed E-state index contributed by atoms with van der Waals surface area (Å²) in [5, 5.41) is 14.5. The number of rotatable bonds is 4. The van der Waals surface area contributed by atoms with Gasteiger partial charge in [0.25, 0.3) is 5.78 Å². The van der Waals surface area contributed by atoms with Crippen LogP contribution in [0, 0.1) is 12.8 Å². The van der Waals surface area contributed by atoms with Crippen LogP contribution in [-0.4, -0.2) is 37.0 Å². The lowest BCUT2D eigenvalue weighted by atomic mass is 10.2. The molecule has 0 amide bonds. The normalized spacial score (nSPS) is 13.2. The Kier molecular flexibility index (Phi) is 3.86. The van der Waals surface area contributed by atoms with Crippen molar-refractivity contribution in [3.8, 4) is 0 Å². The summed E-state index contributed by atoms with van der Waals surface area (Å²) in [6, 6.07) is 0. The second kappa shape index (κ2) is 5.20. The molecule has 0 bridgehead atoms. The summed E-state index contributed by atoms with van der Waals surface area (Å²) in [4.78, 5) is 8.16. The van der Waals surface area contributed by atoms with Gasteiger partial charge in [0.1, 0.15) is 16.5 Å². The van der Waals surface area contributed by atoms with E-state index < -0.39 is 0 Å². The maximum absolute atomic E-state index is 9.02. The number of aliphatic hydroxyl groups excluding tert-OH is 1. The molecule has 2 aromatic heterocycles. The highest BCUT2D eigenvalue weighted by atomic mass is 35.5. The van der Waals surface area contributed by atoms with Crippen molar-refractivity contribution < 1.29 is 5.11 Å². The number of aromatic nitrogens is 4. The average Bonchev–Trinajstić information content (AvgIpc) is 2.76. The van der Waals surface area contributed by atoms with Gasteiger partial charge >= 0.3 is 0 Å². The van der Waals surface area contributed by atoms with Gasteiger partial charge in [0.2, 0.25) is 0 Å². The average molecular weight is 273 g/mol. The highest BCUT2D eigenvalue weighted by Gasteiger charge is 2.13. The molecule has 0 aliphatic heterocycles. The zero-order chi connectivity index (χ0) is 12.4. The molecule has 0 aliphatic rings. The molecule has 0 aromatic carbocycles. The van der Waals surface area contributed by atoms with Crippen LogP contribution in [-0.2, 0) is 0 Å². The first-order valence-electron chi connectivity index (χ1n) is 5.23. The van der Waals surface area contributed by atoms with Gasteiger partial charge in [0.15, 0.2) is 0 Å². The van der Waals surface area contributed by atoms with E-state index in [1.54, 1.807) is 16.3 Å². The van der Waals surface area contributed by atoms with E-state index in [9.17, 15) is 0 Å². The van der Waals surface area contributed by atoms with Crippen molar-refractivity contribution in [2.24, 2.45) is 5.92 Å². The van der Waals surface area contributed by atoms with Crippen LogP contribution in [0.2, 0.25) is 5.15 Å². The molecule has 17 heavy (non-hydrogen) atoms. The molecule has 2 aromatic rings. The quantitative estimate of drug-likeness (QED) is 0.679. The third-order valence-electron chi connectivity index (χ3n) is 2.37. The van der Waals surface area contributed by atoms with Gasteiger partial charge in [-0.2, -0.15) is 19.6 Å². The van der Waals surface area contributed by atoms with Gasteiger partial charge in [-0.05, 0) is 12.8 Å². The van der Waals surface area contributed by atoms with Crippen molar-refractivity contribution in [3.05, 3.63) is 17.0 Å². The van der Waals surface area contributed by atoms with Crippen LogP contribution in [0.25, 0.3) is 5.78 Å². The number of hydrogen-bond donors (Lipinski definition) is 1. The summed E-state index contributed by atoms with van der Waals surface area (Å²) in [5.74, 6) is 1.52. The minimum absolute atomic E-state index is 0.172. The highest BCUT2D eigenvalue weighted by molar-refractivity contribution is 7.99. The SMILES string of the molecule is Cc1c(Cl)nc2ncnn2c1SCC(C)CO. The van der Waals surface area contributed by atoms with Crippen molar-refractivity contribution in [1.29, 1.82) is 0 Å². The van der Waals surface area contributed by atoms with Crippen molar-refractivity contribution in [3.63, 3.8) is 0 Å². The Bertz CT molecular complexity index is 530. The fourth-order valence-corrected chi connectivity index (χ4v) is 2.65. The van der Waals surface area contributed by atoms with Gasteiger partial charge in [-0.25, -0.2) is 0 Å². The zero-order valence-corrected chi connectivity index (χ0v) is 11.2. The molecule has 7 heteroatoms. The van der Waals surface area contributed by atoms with Crippen LogP contribution in [0.4, 0.5) is 0 Å². The van der Waals surface area contributed by atoms with Gasteiger partial charge < -0.3 is 5.11 Å². The number of nitrogens with zero attached hydrogens (tertiary/aromatic N) is 4. The Hall–Kier alpha value is -0.850. The van der Waals surface area contributed by atoms with E-state index in [2.05, 4.69) is 15.1 Å². The molecule has 0 spiro atoms. The smallest absolute Gasteiger partial charge is 0.254 e. The topological polar surface area (TPSA) is 63.3 Å². The molecule has 0 radical (unpaired) electrons. The largest absolute Gasteiger partial charge is 0.396 e. The van der Waals surface area contributed by atoms with Gasteiger partial charge in [-0.3, -0.25) is 0 Å². The van der Waals surface area contributed by atoms with Crippen LogP contribution in [0.1, 0.15) is 12.5 Å². The van der Waals surface area contributed by atoms with Gasteiger partial charge in [0.05, 0.1) is 0 Å². The standard InChI is InChI=1S/C10H13ClN4OS/c1-6(3-16)4-17-9-7(2)8(11)14-10-12-5-13-15(9)10/h5-6,16H,3-4H2,1-2H3. The summed E-state index contributed by atoms with van der Waals surface area (Å²) < 4.78 is 1.68. The predicted molar refractivity (Wildman–Crippen MR) is 67.5 cm³/mol. The number of fused-ring (bicyclic) bond motifs is 1. The van der Waals surface area contributed by atoms with Crippen LogP contribution < -0.4 is 0 Å². The van der Waals surface area contributed by atoms with E-state index in [0.29, 0.717) is 10.9 Å². The first-order valence-corrected chi connectivity index (χ1v) is 6.59. The second-order valence-electron chi connectivity index (χ2n) is 3.90. The number of halogens is 1. The van der Waals surface area contributed by atoms with Crippen LogP contribution in [0.15, 0.2) is 11.4 Å². The summed E-state index contributed by atoms with van der Waals surface area (Å²) in [5.41, 5.74) is 0.889. The molecular weight excluding hydrogens is 260 g/mol. The molecule has 1 unspecified atom stereocenters. The van der Waals surface area contributed by atoms with Gasteiger partial charge in [-0.15, -0.1) is 11.8 Å². The summed E-state index contributed by atoms with van der Waals surface area (Å²) in [7, 11) is 0. The van der Waals surface area contributed by atoms with E-state index in [1.807, 2.05) is 13.8 Å². The molecule has 0 saturated heterocycles. The summed E-state index contributed by atoms with van der Waals surface area (Å²) in [6.45, 7) is 4.07. The summed E-state index contributed by atoms with van der Waals surface area (Å²) >= 11 is 7.65. The molecule has 5 nitrogen and oxygen atoms in total. The van der Waals surface area contributed by atoms with Gasteiger partial charge in [-0.1, -0.05) is 18.5 Å². The third-order valence-corrected chi connectivity index (χ3v) is 4.22. The van der Waals surface area contributed by atoms with Crippen LogP contribution in [0.3, 0.4) is 0 Å². The lowest BCUT2D eigenvalue weighted by Gasteiger charge is -2.11. The Morgan fingerprint density at radius 2 is 2.35 bits per heavy atom. The monoisotopic (exact) mass is 272 g/mol. The first-order chi connectivity index (χ1) is 8.13. The van der Waals surface area contributed by atoms with Crippen molar-refractivity contribution in [2.75, 3.05) is 12.4 Å².